The van der Waals surface area contributed by atoms with Crippen LogP contribution in [0.1, 0.15) is 24.6 Å². The van der Waals surface area contributed by atoms with Crippen LogP contribution in [-0.2, 0) is 11.8 Å². The van der Waals surface area contributed by atoms with Crippen LogP contribution in [0.3, 0.4) is 0 Å². The summed E-state index contributed by atoms with van der Waals surface area (Å²) < 4.78 is 7.98. The van der Waals surface area contributed by atoms with Crippen molar-refractivity contribution in [2.24, 2.45) is 13.0 Å². The topological polar surface area (TPSA) is 59.3 Å². The highest BCUT2D eigenvalue weighted by Crippen LogP contribution is 2.34. The Bertz CT molecular complexity index is 675. The summed E-state index contributed by atoms with van der Waals surface area (Å²) in [5.41, 5.74) is 1.19. The number of nitrogens with zero attached hydrogens (tertiary/aromatic N) is 6. The number of aryl methyl sites for hydroxylation is 1. The third-order valence-electron chi connectivity index (χ3n) is 5.33. The maximum atomic E-state index is 6.04. The van der Waals surface area contributed by atoms with Gasteiger partial charge in [0, 0.05) is 58.1 Å². The number of hydrogen-bond donors (Lipinski definition) is 0. The van der Waals surface area contributed by atoms with Crippen LogP contribution in [0.4, 0.5) is 5.82 Å². The Labute approximate surface area is 148 Å². The molecular formula is C18H26N6O. The first-order valence-electron chi connectivity index (χ1n) is 9.16. The number of anilines is 1. The molecule has 2 aliphatic heterocycles. The summed E-state index contributed by atoms with van der Waals surface area (Å²) in [6, 6.07) is 6.09. The lowest BCUT2D eigenvalue weighted by Crippen LogP contribution is -2.35. The summed E-state index contributed by atoms with van der Waals surface area (Å²) in [4.78, 5) is 4.93. The lowest BCUT2D eigenvalue weighted by atomic mass is 9.98. The maximum absolute atomic E-state index is 6.04. The predicted molar refractivity (Wildman–Crippen MR) is 95.3 cm³/mol. The average Bonchev–Trinajstić information content (AvgIpc) is 3.19. The summed E-state index contributed by atoms with van der Waals surface area (Å²) in [5.74, 6) is 1.53. The Morgan fingerprint density at radius 1 is 1.16 bits per heavy atom. The van der Waals surface area contributed by atoms with Gasteiger partial charge in [-0.1, -0.05) is 0 Å². The van der Waals surface area contributed by atoms with Crippen LogP contribution in [0.25, 0.3) is 0 Å². The van der Waals surface area contributed by atoms with Gasteiger partial charge in [0.05, 0.1) is 5.69 Å². The molecule has 0 bridgehead atoms. The monoisotopic (exact) mass is 342 g/mol. The van der Waals surface area contributed by atoms with Crippen LogP contribution in [-0.4, -0.2) is 64.2 Å². The van der Waals surface area contributed by atoms with E-state index in [4.69, 9.17) is 4.74 Å². The molecule has 2 saturated heterocycles. The summed E-state index contributed by atoms with van der Waals surface area (Å²) in [6.07, 6.45) is 6.04. The number of rotatable bonds is 4. The van der Waals surface area contributed by atoms with E-state index in [9.17, 15) is 0 Å². The van der Waals surface area contributed by atoms with E-state index in [1.54, 1.807) is 6.20 Å². The van der Waals surface area contributed by atoms with Gasteiger partial charge in [-0.05, 0) is 37.6 Å². The average molecular weight is 342 g/mol. The molecule has 2 fully saturated rings. The van der Waals surface area contributed by atoms with E-state index in [1.807, 2.05) is 30.1 Å². The maximum Gasteiger partial charge on any atom is 0.151 e. The first-order chi connectivity index (χ1) is 12.3. The molecule has 0 N–H and O–H groups in total. The smallest absolute Gasteiger partial charge is 0.151 e. The summed E-state index contributed by atoms with van der Waals surface area (Å²) in [6.45, 7) is 6.17. The molecule has 25 heavy (non-hydrogen) atoms. The minimum Gasteiger partial charge on any atom is -0.372 e. The van der Waals surface area contributed by atoms with Crippen LogP contribution in [0.2, 0.25) is 0 Å². The lowest BCUT2D eigenvalue weighted by molar-refractivity contribution is 0.0728. The van der Waals surface area contributed by atoms with Crippen LogP contribution in [0, 0.1) is 5.92 Å². The van der Waals surface area contributed by atoms with Gasteiger partial charge in [0.15, 0.2) is 5.82 Å². The molecule has 0 radical (unpaired) electrons. The SMILES string of the molecule is Cn1nccc1[C@@H]1OCC[C@H]1CN1CCCN(c2cccnn2)CC1. The minimum absolute atomic E-state index is 0.173. The molecule has 2 aliphatic rings. The highest BCUT2D eigenvalue weighted by atomic mass is 16.5. The van der Waals surface area contributed by atoms with E-state index < -0.39 is 0 Å². The number of hydrogen-bond acceptors (Lipinski definition) is 6. The molecule has 0 unspecified atom stereocenters. The molecule has 2 aromatic heterocycles. The zero-order valence-corrected chi connectivity index (χ0v) is 14.8. The molecule has 4 heterocycles. The fraction of sp³-hybridized carbons (Fsp3) is 0.611. The normalized spacial score (nSPS) is 25.2. The first-order valence-corrected chi connectivity index (χ1v) is 9.16. The van der Waals surface area contributed by atoms with Crippen molar-refractivity contribution in [3.63, 3.8) is 0 Å². The van der Waals surface area contributed by atoms with Crippen molar-refractivity contribution >= 4 is 5.82 Å². The van der Waals surface area contributed by atoms with Gasteiger partial charge in [-0.3, -0.25) is 4.68 Å². The molecule has 0 aliphatic carbocycles. The zero-order valence-electron chi connectivity index (χ0n) is 14.8. The van der Waals surface area contributed by atoms with E-state index in [-0.39, 0.29) is 6.10 Å². The van der Waals surface area contributed by atoms with Gasteiger partial charge in [0.25, 0.3) is 0 Å². The van der Waals surface area contributed by atoms with Gasteiger partial charge in [0.2, 0.25) is 0 Å². The fourth-order valence-corrected chi connectivity index (χ4v) is 3.99. The first kappa shape index (κ1) is 16.5. The molecule has 134 valence electrons. The van der Waals surface area contributed by atoms with E-state index in [2.05, 4.69) is 31.2 Å². The molecule has 0 saturated carbocycles. The van der Waals surface area contributed by atoms with Gasteiger partial charge in [0.1, 0.15) is 6.10 Å². The molecule has 0 spiro atoms. The van der Waals surface area contributed by atoms with Gasteiger partial charge in [-0.2, -0.15) is 10.2 Å². The molecule has 7 nitrogen and oxygen atoms in total. The Hall–Kier alpha value is -1.99. The Morgan fingerprint density at radius 2 is 2.12 bits per heavy atom. The second-order valence-corrected chi connectivity index (χ2v) is 6.94. The molecule has 4 rings (SSSR count). The fourth-order valence-electron chi connectivity index (χ4n) is 3.99. The molecule has 2 atom stereocenters. The van der Waals surface area contributed by atoms with Gasteiger partial charge in [-0.15, -0.1) is 5.10 Å². The predicted octanol–water partition coefficient (Wildman–Crippen LogP) is 1.50. The van der Waals surface area contributed by atoms with E-state index in [1.165, 1.54) is 5.69 Å². The Kier molecular flexibility index (Phi) is 4.94. The van der Waals surface area contributed by atoms with Crippen molar-refractivity contribution in [1.29, 1.82) is 0 Å². The van der Waals surface area contributed by atoms with Gasteiger partial charge in [-0.25, -0.2) is 0 Å². The van der Waals surface area contributed by atoms with Crippen molar-refractivity contribution < 1.29 is 4.74 Å². The second-order valence-electron chi connectivity index (χ2n) is 6.94. The third-order valence-corrected chi connectivity index (χ3v) is 5.33. The second kappa shape index (κ2) is 7.49. The largest absolute Gasteiger partial charge is 0.372 e. The molecule has 0 amide bonds. The third kappa shape index (κ3) is 3.67. The van der Waals surface area contributed by atoms with Crippen molar-refractivity contribution in [3.8, 4) is 0 Å². The standard InChI is InChI=1S/C18H26N6O/c1-22-16(5-8-20-22)18-15(6-13-25-18)14-23-9-3-10-24(12-11-23)17-4-2-7-19-21-17/h2,4-5,7-8,15,18H,3,6,9-14H2,1H3/t15-,18+/m0/s1. The Morgan fingerprint density at radius 3 is 2.92 bits per heavy atom. The highest BCUT2D eigenvalue weighted by molar-refractivity contribution is 5.36. The number of aromatic nitrogens is 4. The summed E-state index contributed by atoms with van der Waals surface area (Å²) in [5, 5.41) is 12.6. The van der Waals surface area contributed by atoms with Crippen LogP contribution in [0.15, 0.2) is 30.6 Å². The van der Waals surface area contributed by atoms with Crippen LogP contribution in [0.5, 0.6) is 0 Å². The van der Waals surface area contributed by atoms with E-state index in [0.717, 1.165) is 58.0 Å². The minimum atomic E-state index is 0.173. The number of ether oxygens (including phenoxy) is 1. The molecule has 7 heteroatoms. The van der Waals surface area contributed by atoms with Crippen molar-refractivity contribution in [2.75, 3.05) is 44.2 Å². The zero-order chi connectivity index (χ0) is 17.1. The molecule has 2 aromatic rings. The van der Waals surface area contributed by atoms with Crippen molar-refractivity contribution in [1.82, 2.24) is 24.9 Å². The van der Waals surface area contributed by atoms with Crippen LogP contribution >= 0.6 is 0 Å². The van der Waals surface area contributed by atoms with E-state index >= 15 is 0 Å². The highest BCUT2D eigenvalue weighted by Gasteiger charge is 2.33. The molecule has 0 aromatic carbocycles. The summed E-state index contributed by atoms with van der Waals surface area (Å²) >= 11 is 0. The quantitative estimate of drug-likeness (QED) is 0.839. The lowest BCUT2D eigenvalue weighted by Gasteiger charge is -2.27. The van der Waals surface area contributed by atoms with Gasteiger partial charge >= 0.3 is 0 Å². The van der Waals surface area contributed by atoms with Crippen molar-refractivity contribution in [2.45, 2.75) is 18.9 Å². The summed E-state index contributed by atoms with van der Waals surface area (Å²) in [7, 11) is 2.00. The Balaban J connectivity index is 1.37. The van der Waals surface area contributed by atoms with Crippen molar-refractivity contribution in [3.05, 3.63) is 36.3 Å². The van der Waals surface area contributed by atoms with Gasteiger partial charge < -0.3 is 14.5 Å². The van der Waals surface area contributed by atoms with Crippen LogP contribution < -0.4 is 4.90 Å². The van der Waals surface area contributed by atoms with E-state index in [0.29, 0.717) is 5.92 Å². The molecular weight excluding hydrogens is 316 g/mol.